The number of rotatable bonds is 0. The Morgan fingerprint density at radius 2 is 1.50 bits per heavy atom. The maximum absolute atomic E-state index is 1.65. The van der Waals surface area contributed by atoms with Crippen LogP contribution in [-0.2, 0) is 0 Å². The van der Waals surface area contributed by atoms with Crippen LogP contribution in [0.4, 0.5) is 0 Å². The van der Waals surface area contributed by atoms with Gasteiger partial charge in [-0.2, -0.15) is 0 Å². The van der Waals surface area contributed by atoms with Crippen molar-refractivity contribution in [1.29, 1.82) is 0 Å². The molecule has 0 saturated carbocycles. The summed E-state index contributed by atoms with van der Waals surface area (Å²) in [5, 5.41) is 0. The van der Waals surface area contributed by atoms with Crippen molar-refractivity contribution in [2.75, 3.05) is 23.0 Å². The largest absolute Gasteiger partial charge is 0.239 e. The van der Waals surface area contributed by atoms with Gasteiger partial charge in [0.2, 0.25) is 0 Å². The van der Waals surface area contributed by atoms with E-state index >= 15 is 0 Å². The highest BCUT2D eigenvalue weighted by Crippen LogP contribution is 2.67. The SMILES string of the molecule is C1CS2(C1)CC2. The van der Waals surface area contributed by atoms with Crippen LogP contribution in [0.5, 0.6) is 0 Å². The zero-order valence-electron chi connectivity index (χ0n) is 3.94. The van der Waals surface area contributed by atoms with Gasteiger partial charge < -0.3 is 0 Å². The molecule has 2 rings (SSSR count). The molecule has 1 spiro atoms. The number of hydrogen-bond donors (Lipinski definition) is 0. The molecule has 2 aliphatic heterocycles. The van der Waals surface area contributed by atoms with Gasteiger partial charge in [0, 0.05) is 0 Å². The predicted molar refractivity (Wildman–Crippen MR) is 31.7 cm³/mol. The Hall–Kier alpha value is 0.350. The monoisotopic (exact) mass is 102 g/mol. The summed E-state index contributed by atoms with van der Waals surface area (Å²) in [5.74, 6) is 6.58. The summed E-state index contributed by atoms with van der Waals surface area (Å²) in [6.07, 6.45) is 1.56. The van der Waals surface area contributed by atoms with Crippen molar-refractivity contribution >= 4 is 10.0 Å². The first kappa shape index (κ1) is 3.36. The fourth-order valence-electron chi connectivity index (χ4n) is 1.08. The Morgan fingerprint density at radius 3 is 1.50 bits per heavy atom. The molecule has 0 amide bonds. The van der Waals surface area contributed by atoms with Crippen LogP contribution in [0.15, 0.2) is 0 Å². The van der Waals surface area contributed by atoms with Crippen molar-refractivity contribution in [1.82, 2.24) is 0 Å². The summed E-state index contributed by atoms with van der Waals surface area (Å²) in [6, 6.07) is 0. The van der Waals surface area contributed by atoms with E-state index in [1.165, 1.54) is 0 Å². The maximum atomic E-state index is 1.65. The van der Waals surface area contributed by atoms with E-state index < -0.39 is 0 Å². The quantitative estimate of drug-likeness (QED) is 0.403. The summed E-state index contributed by atoms with van der Waals surface area (Å²) >= 11 is 0. The van der Waals surface area contributed by atoms with Crippen LogP contribution in [0.1, 0.15) is 6.42 Å². The minimum absolute atomic E-state index is 0.269. The van der Waals surface area contributed by atoms with Gasteiger partial charge in [-0.25, -0.2) is 10.0 Å². The highest BCUT2D eigenvalue weighted by atomic mass is 32.3. The van der Waals surface area contributed by atoms with E-state index in [1.54, 1.807) is 29.4 Å². The first-order chi connectivity index (χ1) is 2.91. The molecule has 36 valence electrons. The van der Waals surface area contributed by atoms with Gasteiger partial charge in [0.1, 0.15) is 0 Å². The van der Waals surface area contributed by atoms with Crippen LogP contribution >= 0.6 is 10.0 Å². The Balaban J connectivity index is 2.09. The van der Waals surface area contributed by atoms with Crippen molar-refractivity contribution in [3.8, 4) is 0 Å². The van der Waals surface area contributed by atoms with Crippen LogP contribution in [0.25, 0.3) is 0 Å². The molecule has 0 atom stereocenters. The average molecular weight is 102 g/mol. The third-order valence-electron chi connectivity index (χ3n) is 1.94. The first-order valence-corrected chi connectivity index (χ1v) is 4.96. The van der Waals surface area contributed by atoms with Crippen molar-refractivity contribution in [2.24, 2.45) is 0 Å². The molecule has 0 aromatic heterocycles. The van der Waals surface area contributed by atoms with Crippen molar-refractivity contribution < 1.29 is 0 Å². The summed E-state index contributed by atoms with van der Waals surface area (Å²) < 4.78 is 0. The molecule has 0 nitrogen and oxygen atoms in total. The Kier molecular flexibility index (Phi) is 0.441. The van der Waals surface area contributed by atoms with Gasteiger partial charge in [-0.15, -0.1) is 0 Å². The molecule has 2 saturated heterocycles. The highest BCUT2D eigenvalue weighted by molar-refractivity contribution is 8.40. The van der Waals surface area contributed by atoms with E-state index in [2.05, 4.69) is 0 Å². The van der Waals surface area contributed by atoms with Crippen molar-refractivity contribution in [3.63, 3.8) is 0 Å². The second-order valence-electron chi connectivity index (χ2n) is 2.39. The normalized spacial score (nSPS) is 41.3. The molecular weight excluding hydrogens is 92.1 g/mol. The smallest absolute Gasteiger partial charge is 0.0151 e. The zero-order chi connectivity index (χ0) is 4.04. The Bertz CT molecular complexity index is 68.0. The van der Waals surface area contributed by atoms with Gasteiger partial charge >= 0.3 is 0 Å². The molecule has 0 bridgehead atoms. The molecule has 0 aromatic carbocycles. The summed E-state index contributed by atoms with van der Waals surface area (Å²) in [7, 11) is 0.269. The van der Waals surface area contributed by atoms with Gasteiger partial charge in [-0.05, 0) is 29.4 Å². The fourth-order valence-corrected chi connectivity index (χ4v) is 3.94. The van der Waals surface area contributed by atoms with Gasteiger partial charge in [0.15, 0.2) is 0 Å². The van der Waals surface area contributed by atoms with Crippen LogP contribution in [0, 0.1) is 0 Å². The lowest BCUT2D eigenvalue weighted by Gasteiger charge is -2.29. The van der Waals surface area contributed by atoms with E-state index in [0.29, 0.717) is 0 Å². The second kappa shape index (κ2) is 0.786. The molecule has 0 aromatic rings. The summed E-state index contributed by atoms with van der Waals surface area (Å²) in [4.78, 5) is 0. The topological polar surface area (TPSA) is 0 Å². The maximum Gasteiger partial charge on any atom is -0.0151 e. The summed E-state index contributed by atoms with van der Waals surface area (Å²) in [6.45, 7) is 0. The molecule has 0 aliphatic carbocycles. The van der Waals surface area contributed by atoms with E-state index in [4.69, 9.17) is 0 Å². The van der Waals surface area contributed by atoms with Crippen molar-refractivity contribution in [2.45, 2.75) is 6.42 Å². The molecule has 0 radical (unpaired) electrons. The molecule has 2 aliphatic rings. The minimum atomic E-state index is 0.269. The van der Waals surface area contributed by atoms with Gasteiger partial charge in [0.25, 0.3) is 0 Å². The lowest BCUT2D eigenvalue weighted by molar-refractivity contribution is 1.04. The van der Waals surface area contributed by atoms with E-state index in [-0.39, 0.29) is 10.0 Å². The standard InChI is InChI=1S/C5H10S/c1-2-6(3-1)4-5-6/h1-5H2. The molecular formula is C5H10S. The van der Waals surface area contributed by atoms with Crippen LogP contribution in [0.2, 0.25) is 0 Å². The first-order valence-electron chi connectivity index (χ1n) is 2.65. The molecule has 2 fully saturated rings. The Morgan fingerprint density at radius 1 is 0.833 bits per heavy atom. The van der Waals surface area contributed by atoms with Crippen molar-refractivity contribution in [3.05, 3.63) is 0 Å². The van der Waals surface area contributed by atoms with Crippen LogP contribution < -0.4 is 0 Å². The highest BCUT2D eigenvalue weighted by Gasteiger charge is 2.41. The summed E-state index contributed by atoms with van der Waals surface area (Å²) in [5.41, 5.74) is 0. The molecule has 6 heavy (non-hydrogen) atoms. The third kappa shape index (κ3) is 0.274. The lowest BCUT2D eigenvalue weighted by atomic mass is 10.5. The van der Waals surface area contributed by atoms with E-state index in [9.17, 15) is 0 Å². The van der Waals surface area contributed by atoms with E-state index in [1.807, 2.05) is 0 Å². The molecule has 1 heteroatoms. The number of hydrogen-bond acceptors (Lipinski definition) is 0. The van der Waals surface area contributed by atoms with Gasteiger partial charge in [-0.1, -0.05) is 0 Å². The minimum Gasteiger partial charge on any atom is -0.239 e. The Labute approximate surface area is 40.2 Å². The third-order valence-corrected chi connectivity index (χ3v) is 5.81. The van der Waals surface area contributed by atoms with Crippen LogP contribution in [-0.4, -0.2) is 23.0 Å². The van der Waals surface area contributed by atoms with E-state index in [0.717, 1.165) is 0 Å². The predicted octanol–water partition coefficient (Wildman–Crippen LogP) is 1.21. The van der Waals surface area contributed by atoms with Crippen LogP contribution in [0.3, 0.4) is 0 Å². The van der Waals surface area contributed by atoms with Gasteiger partial charge in [0.05, 0.1) is 0 Å². The second-order valence-corrected chi connectivity index (χ2v) is 6.48. The zero-order valence-corrected chi connectivity index (χ0v) is 4.76. The van der Waals surface area contributed by atoms with Gasteiger partial charge in [-0.3, -0.25) is 0 Å². The molecule has 2 heterocycles. The fraction of sp³-hybridized carbons (Fsp3) is 1.00. The average Bonchev–Trinajstić information content (AvgIpc) is 2.02. The molecule has 0 N–H and O–H groups in total. The lowest BCUT2D eigenvalue weighted by Crippen LogP contribution is -2.08. The molecule has 0 unspecified atom stereocenters.